The number of carbonyl (C=O) groups excluding carboxylic acids is 2. The number of hydrogen-bond donors (Lipinski definition) is 3. The van der Waals surface area contributed by atoms with Gasteiger partial charge in [0, 0.05) is 23.8 Å². The number of hydrogen-bond acceptors (Lipinski definition) is 22. The molecular formula is C30H27Br2ClF2N12O15S2. The molecule has 0 radical (unpaired) electrons. The van der Waals surface area contributed by atoms with Gasteiger partial charge in [-0.1, -0.05) is 14.7 Å². The van der Waals surface area contributed by atoms with Crippen LogP contribution >= 0.6 is 42.5 Å². The molecule has 6 aromatic rings. The van der Waals surface area contributed by atoms with Gasteiger partial charge in [0.1, 0.15) is 30.4 Å². The molecule has 0 saturated heterocycles. The van der Waals surface area contributed by atoms with Gasteiger partial charge in [0.15, 0.2) is 0 Å². The molecule has 64 heavy (non-hydrogen) atoms. The molecule has 0 aliphatic carbocycles. The molecule has 27 nitrogen and oxygen atoms in total. The number of halogens is 5. The minimum Gasteiger partial charge on any atom is -0.472 e. The summed E-state index contributed by atoms with van der Waals surface area (Å²) in [6, 6.07) is 7.72. The second kappa shape index (κ2) is 21.9. The zero-order valence-electron chi connectivity index (χ0n) is 32.2. The van der Waals surface area contributed by atoms with E-state index in [2.05, 4.69) is 101 Å². The van der Waals surface area contributed by atoms with Crippen molar-refractivity contribution >= 4 is 74.2 Å². The maximum absolute atomic E-state index is 13.6. The van der Waals surface area contributed by atoms with Crippen molar-refractivity contribution in [3.8, 4) is 46.2 Å². The monoisotopic (exact) mass is 1090 g/mol. The van der Waals surface area contributed by atoms with Crippen molar-refractivity contribution in [3.05, 3.63) is 78.1 Å². The Labute approximate surface area is 376 Å². The van der Waals surface area contributed by atoms with Crippen molar-refractivity contribution in [3.63, 3.8) is 0 Å². The molecule has 0 fully saturated rings. The molecule has 4 heterocycles. The van der Waals surface area contributed by atoms with Crippen LogP contribution < -0.4 is 36.2 Å². The third-order valence-electron chi connectivity index (χ3n) is 6.62. The minimum absolute atomic E-state index is 0.00165. The first-order chi connectivity index (χ1) is 30.0. The molecule has 0 spiro atoms. The van der Waals surface area contributed by atoms with Gasteiger partial charge in [-0.2, -0.15) is 21.6 Å². The maximum atomic E-state index is 13.6. The van der Waals surface area contributed by atoms with Crippen LogP contribution in [0.2, 0.25) is 0 Å². The number of amides is 1. The fourth-order valence-corrected chi connectivity index (χ4v) is 5.89. The van der Waals surface area contributed by atoms with Crippen LogP contribution in [0.25, 0.3) is 34.4 Å². The molecular weight excluding hydrogens is 1070 g/mol. The Morgan fingerprint density at radius 2 is 1.31 bits per heavy atom. The zero-order valence-corrected chi connectivity index (χ0v) is 37.8. The van der Waals surface area contributed by atoms with E-state index in [1.807, 2.05) is 0 Å². The van der Waals surface area contributed by atoms with Crippen LogP contribution in [-0.4, -0.2) is 101 Å². The highest BCUT2D eigenvalue weighted by Crippen LogP contribution is 2.29. The van der Waals surface area contributed by atoms with Gasteiger partial charge in [-0.3, -0.25) is 9.05 Å². The summed E-state index contributed by atoms with van der Waals surface area (Å²) in [5, 5.41) is 21.7. The average molecular weight is 1090 g/mol. The van der Waals surface area contributed by atoms with Gasteiger partial charge < -0.3 is 19.9 Å². The van der Waals surface area contributed by atoms with Crippen LogP contribution in [-0.2, 0) is 29.0 Å². The summed E-state index contributed by atoms with van der Waals surface area (Å²) in [7, 11) is -3.85. The Balaban J connectivity index is 0.000000257. The first kappa shape index (κ1) is 50.4. The number of nitrogens with zero attached hydrogens (tertiary/aromatic N) is 9. The summed E-state index contributed by atoms with van der Waals surface area (Å²) >= 11 is 6.08. The standard InChI is InChI=1S/C17H18BrFN6O8S.C12H9BrFN5O4.CClNO3S/c1-17(2,3)31-15(26)24-34(28,29)20-6-7-30-14-12(21-33-23-14)13-22-32-16(27)25(13)9-4-5-11(19)10(18)8-9;13-7-5-6(1-2-8(7)14)19-10(17-22-12(19)20)9-11(18-23-16-9)21-4-3-15;2-7(5,6)3-1-4/h4-5,8,20H,6-7H2,1-3H3,(H,24,26);1-2,5H,3-4,15H2;. The molecule has 34 heteroatoms. The van der Waals surface area contributed by atoms with Crippen LogP contribution in [0.1, 0.15) is 20.8 Å². The number of nitrogens with one attached hydrogen (secondary N) is 2. The number of aromatic nitrogens is 8. The lowest BCUT2D eigenvalue weighted by atomic mass is 10.2. The smallest absolute Gasteiger partial charge is 0.446 e. The summed E-state index contributed by atoms with van der Waals surface area (Å²) in [5.41, 5.74) is 4.90. The first-order valence-electron chi connectivity index (χ1n) is 16.8. The molecule has 344 valence electrons. The second-order valence-corrected chi connectivity index (χ2v) is 17.7. The molecule has 0 aliphatic rings. The average Bonchev–Trinajstić information content (AvgIpc) is 4.01. The Bertz CT molecular complexity index is 2980. The number of benzene rings is 2. The minimum atomic E-state index is -4.23. The largest absolute Gasteiger partial charge is 0.472 e. The van der Waals surface area contributed by atoms with Crippen LogP contribution in [0.5, 0.6) is 11.8 Å². The molecule has 1 amide bonds. The summed E-state index contributed by atoms with van der Waals surface area (Å²) in [4.78, 5) is 44.8. The van der Waals surface area contributed by atoms with E-state index in [0.717, 1.165) is 21.3 Å². The van der Waals surface area contributed by atoms with E-state index in [1.54, 1.807) is 25.5 Å². The van der Waals surface area contributed by atoms with Crippen molar-refractivity contribution in [1.82, 2.24) is 49.5 Å². The SMILES string of the molecule is CC(C)(C)OC(=O)NS(=O)(=O)NCCOc1nonc1-c1noc(=O)n1-c1ccc(F)c(Br)c1.NCCOc1nonc1-c1noc(=O)n1-c1ccc(F)c(Br)c1.O=C=NS(=O)(=O)Cl. The van der Waals surface area contributed by atoms with Gasteiger partial charge in [-0.15, -0.1) is 0 Å². The number of nitrogens with two attached hydrogens (primary N) is 1. The van der Waals surface area contributed by atoms with E-state index >= 15 is 0 Å². The lowest BCUT2D eigenvalue weighted by Crippen LogP contribution is -2.43. The number of rotatable bonds is 14. The van der Waals surface area contributed by atoms with Crippen LogP contribution in [0, 0.1) is 11.6 Å². The molecule has 4 N–H and O–H groups in total. The van der Waals surface area contributed by atoms with Gasteiger partial charge in [-0.25, -0.2) is 51.1 Å². The topological polar surface area (TPSA) is 366 Å². The van der Waals surface area contributed by atoms with E-state index in [-0.39, 0.29) is 75.7 Å². The summed E-state index contributed by atoms with van der Waals surface area (Å²) in [6.07, 6.45) is -0.390. The molecule has 4 aromatic heterocycles. The lowest BCUT2D eigenvalue weighted by Gasteiger charge is -2.19. The molecule has 2 aromatic carbocycles. The third kappa shape index (κ3) is 14.4. The van der Waals surface area contributed by atoms with Gasteiger partial charge in [0.05, 0.1) is 20.3 Å². The van der Waals surface area contributed by atoms with E-state index in [0.29, 0.717) is 5.69 Å². The molecule has 0 atom stereocenters. The van der Waals surface area contributed by atoms with E-state index in [4.69, 9.17) is 24.7 Å². The van der Waals surface area contributed by atoms with E-state index in [1.165, 1.54) is 30.3 Å². The van der Waals surface area contributed by atoms with Gasteiger partial charge in [0.2, 0.25) is 23.0 Å². The van der Waals surface area contributed by atoms with Crippen LogP contribution in [0.3, 0.4) is 0 Å². The lowest BCUT2D eigenvalue weighted by molar-refractivity contribution is 0.0569. The summed E-state index contributed by atoms with van der Waals surface area (Å²) < 4.78 is 112. The number of ether oxygens (including phenoxy) is 3. The van der Waals surface area contributed by atoms with E-state index < -0.39 is 54.3 Å². The second-order valence-electron chi connectivity index (χ2n) is 12.3. The van der Waals surface area contributed by atoms with Crippen molar-refractivity contribution < 1.29 is 67.7 Å². The molecule has 6 rings (SSSR count). The van der Waals surface area contributed by atoms with Crippen LogP contribution in [0.15, 0.2) is 77.6 Å². The van der Waals surface area contributed by atoms with Crippen LogP contribution in [0.4, 0.5) is 13.6 Å². The quantitative estimate of drug-likeness (QED) is 0.0610. The van der Waals surface area contributed by atoms with Crippen molar-refractivity contribution in [2.24, 2.45) is 10.1 Å². The highest BCUT2D eigenvalue weighted by atomic mass is 79.9. The zero-order chi connectivity index (χ0) is 47.4. The molecule has 0 unspecified atom stereocenters. The molecule has 0 saturated carbocycles. The predicted molar refractivity (Wildman–Crippen MR) is 215 cm³/mol. The third-order valence-corrected chi connectivity index (χ3v) is 9.36. The fourth-order valence-electron chi connectivity index (χ4n) is 4.29. The Hall–Kier alpha value is -6.22. The van der Waals surface area contributed by atoms with Gasteiger partial charge in [-0.05, 0) is 110 Å². The first-order valence-corrected chi connectivity index (χ1v) is 22.1. The molecule has 0 aliphatic heterocycles. The van der Waals surface area contributed by atoms with Gasteiger partial charge >= 0.3 is 37.1 Å². The highest BCUT2D eigenvalue weighted by Gasteiger charge is 2.26. The Morgan fingerprint density at radius 1 is 0.844 bits per heavy atom. The number of carbonyl (C=O) groups is 1. The molecule has 0 bridgehead atoms. The Morgan fingerprint density at radius 3 is 1.70 bits per heavy atom. The highest BCUT2D eigenvalue weighted by molar-refractivity contribution is 9.10. The fraction of sp³-hybridized carbons (Fsp3) is 0.267. The normalized spacial score (nSPS) is 11.3. The van der Waals surface area contributed by atoms with E-state index in [9.17, 15) is 40.0 Å². The van der Waals surface area contributed by atoms with Crippen molar-refractivity contribution in [2.75, 3.05) is 26.3 Å². The maximum Gasteiger partial charge on any atom is 0.446 e. The Kier molecular flexibility index (Phi) is 17.3. The summed E-state index contributed by atoms with van der Waals surface area (Å²) in [6.45, 7) is 4.59. The van der Waals surface area contributed by atoms with Crippen molar-refractivity contribution in [1.29, 1.82) is 0 Å². The van der Waals surface area contributed by atoms with Crippen molar-refractivity contribution in [2.45, 2.75) is 26.4 Å². The summed E-state index contributed by atoms with van der Waals surface area (Å²) in [5.74, 6) is -3.09. The van der Waals surface area contributed by atoms with Gasteiger partial charge in [0.25, 0.3) is 17.8 Å². The predicted octanol–water partition coefficient (Wildman–Crippen LogP) is 2.44. The number of isocyanates is 1.